The van der Waals surface area contributed by atoms with Crippen molar-refractivity contribution in [2.45, 2.75) is 30.8 Å². The Morgan fingerprint density at radius 3 is 1.76 bits per heavy atom. The first-order valence-electron chi connectivity index (χ1n) is 5.63. The first-order chi connectivity index (χ1) is 9.58. The zero-order valence-corrected chi connectivity index (χ0v) is 11.0. The Bertz CT molecular complexity index is 349. The lowest BCUT2D eigenvalue weighted by Gasteiger charge is -2.19. The summed E-state index contributed by atoms with van der Waals surface area (Å²) < 4.78 is 0. The molecule has 0 aliphatic carbocycles. The average Bonchev–Trinajstić information content (AvgIpc) is 2.43. The number of aliphatic hydroxyl groups is 5. The molecule has 11 nitrogen and oxygen atoms in total. The number of aliphatic hydroxyl groups excluding tert-OH is 5. The van der Waals surface area contributed by atoms with Gasteiger partial charge in [-0.15, -0.1) is 0 Å². The van der Waals surface area contributed by atoms with Gasteiger partial charge in [0, 0.05) is 0 Å². The first kappa shape index (κ1) is 21.7. The molecule has 0 radical (unpaired) electrons. The summed E-state index contributed by atoms with van der Waals surface area (Å²) in [7, 11) is 0. The molecule has 0 heterocycles. The first-order valence-corrected chi connectivity index (χ1v) is 5.63. The van der Waals surface area contributed by atoms with E-state index in [0.29, 0.717) is 0 Å². The van der Waals surface area contributed by atoms with E-state index in [1.54, 1.807) is 0 Å². The molecule has 0 aliphatic heterocycles. The van der Waals surface area contributed by atoms with Crippen LogP contribution in [-0.2, 0) is 14.4 Å². The Kier molecular flexibility index (Phi) is 11.4. The van der Waals surface area contributed by atoms with Crippen LogP contribution < -0.4 is 11.5 Å². The molecule has 0 spiro atoms. The van der Waals surface area contributed by atoms with E-state index < -0.39 is 55.2 Å². The maximum atomic E-state index is 10.5. The number of aliphatic carboxylic acids is 1. The summed E-state index contributed by atoms with van der Waals surface area (Å²) in [6.07, 6.45) is -5.53. The molecular weight excluding hydrogens is 292 g/mol. The molecule has 1 amide bonds. The van der Waals surface area contributed by atoms with Crippen molar-refractivity contribution in [3.05, 3.63) is 0 Å². The van der Waals surface area contributed by atoms with Crippen LogP contribution in [0.25, 0.3) is 0 Å². The summed E-state index contributed by atoms with van der Waals surface area (Å²) in [5.74, 6) is -2.92. The number of hydrogen-bond acceptors (Lipinski definition) is 9. The van der Waals surface area contributed by atoms with Gasteiger partial charge < -0.3 is 42.1 Å². The smallest absolute Gasteiger partial charge is 0.321 e. The van der Waals surface area contributed by atoms with Crippen molar-refractivity contribution in [1.29, 1.82) is 0 Å². The van der Waals surface area contributed by atoms with Crippen LogP contribution in [0.15, 0.2) is 0 Å². The number of Topliss-reactive ketones (excluding diaryl/α,β-unsaturated/α-hetero) is 1. The number of carboxylic acid groups (broad SMARTS) is 1. The molecule has 0 aromatic rings. The fraction of sp³-hybridized carbons (Fsp3) is 0.700. The Balaban J connectivity index is 0. The highest BCUT2D eigenvalue weighted by atomic mass is 16.4. The highest BCUT2D eigenvalue weighted by Crippen LogP contribution is 2.00. The summed E-state index contributed by atoms with van der Waals surface area (Å²) in [4.78, 5) is 30.4. The molecule has 0 bridgehead atoms. The second-order valence-corrected chi connectivity index (χ2v) is 3.92. The van der Waals surface area contributed by atoms with Crippen molar-refractivity contribution in [3.63, 3.8) is 0 Å². The fourth-order valence-corrected chi connectivity index (χ4v) is 0.906. The molecule has 0 aromatic carbocycles. The highest BCUT2D eigenvalue weighted by Gasteiger charge is 2.28. The van der Waals surface area contributed by atoms with Gasteiger partial charge in [0.15, 0.2) is 5.78 Å². The number of primary amides is 1. The number of rotatable bonds is 8. The van der Waals surface area contributed by atoms with Crippen molar-refractivity contribution in [2.75, 3.05) is 13.2 Å². The van der Waals surface area contributed by atoms with Crippen LogP contribution in [0.4, 0.5) is 0 Å². The molecule has 124 valence electrons. The predicted molar refractivity (Wildman–Crippen MR) is 66.6 cm³/mol. The summed E-state index contributed by atoms with van der Waals surface area (Å²) in [5, 5.41) is 51.2. The molecular formula is C10H20N2O9. The Labute approximate surface area is 119 Å². The maximum Gasteiger partial charge on any atom is 0.321 e. The molecule has 21 heavy (non-hydrogen) atoms. The molecule has 0 aromatic heterocycles. The third kappa shape index (κ3) is 9.84. The van der Waals surface area contributed by atoms with E-state index in [1.807, 2.05) is 0 Å². The number of carbonyl (C=O) groups excluding carboxylic acids is 2. The quantitative estimate of drug-likeness (QED) is 0.212. The molecule has 0 saturated carbocycles. The second kappa shape index (κ2) is 11.1. The minimum absolute atomic E-state index is 0.310. The topological polar surface area (TPSA) is 225 Å². The largest absolute Gasteiger partial charge is 0.480 e. The average molecular weight is 312 g/mol. The number of amides is 1. The Morgan fingerprint density at radius 2 is 1.52 bits per heavy atom. The number of carboxylic acids is 1. The van der Waals surface area contributed by atoms with Gasteiger partial charge in [0.2, 0.25) is 5.91 Å². The van der Waals surface area contributed by atoms with Crippen LogP contribution in [-0.4, -0.2) is 85.9 Å². The van der Waals surface area contributed by atoms with E-state index in [0.717, 1.165) is 0 Å². The third-order valence-electron chi connectivity index (χ3n) is 2.13. The van der Waals surface area contributed by atoms with Crippen molar-refractivity contribution in [2.24, 2.45) is 11.5 Å². The lowest BCUT2D eigenvalue weighted by molar-refractivity contribution is -0.142. The van der Waals surface area contributed by atoms with E-state index in [4.69, 9.17) is 36.4 Å². The van der Waals surface area contributed by atoms with Gasteiger partial charge in [-0.3, -0.25) is 14.4 Å². The Morgan fingerprint density at radius 1 is 1.05 bits per heavy atom. The van der Waals surface area contributed by atoms with Crippen molar-refractivity contribution in [1.82, 2.24) is 0 Å². The normalized spacial score (nSPS) is 15.9. The zero-order chi connectivity index (χ0) is 17.2. The van der Waals surface area contributed by atoms with Crippen LogP contribution in [0.5, 0.6) is 0 Å². The molecule has 11 heteroatoms. The maximum absolute atomic E-state index is 10.5. The molecule has 0 fully saturated rings. The van der Waals surface area contributed by atoms with Gasteiger partial charge in [0.05, 0.1) is 13.0 Å². The van der Waals surface area contributed by atoms with E-state index in [9.17, 15) is 14.4 Å². The second-order valence-electron chi connectivity index (χ2n) is 3.92. The van der Waals surface area contributed by atoms with E-state index >= 15 is 0 Å². The number of hydrogen-bond donors (Lipinski definition) is 8. The minimum Gasteiger partial charge on any atom is -0.480 e. The molecule has 10 N–H and O–H groups in total. The van der Waals surface area contributed by atoms with Gasteiger partial charge in [-0.05, 0) is 0 Å². The standard InChI is InChI=1S/C6H12O6.C4H8N2O3/c7-1-3(9)5(11)6(12)4(10)2-8;5-2(4(8)9)1-3(6)7/h3,5-9,11-12H,1-2H2;2H,1,5H2,(H2,6,7)(H,8,9)/t3-,5-,6-;/m1./s1. The van der Waals surface area contributed by atoms with Gasteiger partial charge in [-0.25, -0.2) is 0 Å². The SMILES string of the molecule is NC(=O)CC(N)C(=O)O.O=C(CO)[C@@H](O)[C@H](O)[C@H](O)CO. The molecule has 4 atom stereocenters. The molecule has 0 saturated heterocycles. The summed E-state index contributed by atoms with van der Waals surface area (Å²) in [5.41, 5.74) is 9.57. The predicted octanol–water partition coefficient (Wildman–Crippen LogP) is -5.10. The molecule has 0 rings (SSSR count). The summed E-state index contributed by atoms with van der Waals surface area (Å²) in [6, 6.07) is -1.16. The van der Waals surface area contributed by atoms with Crippen LogP contribution in [0.1, 0.15) is 6.42 Å². The van der Waals surface area contributed by atoms with E-state index in [1.165, 1.54) is 0 Å². The van der Waals surface area contributed by atoms with Crippen LogP contribution in [0, 0.1) is 0 Å². The molecule has 0 aliphatic rings. The third-order valence-corrected chi connectivity index (χ3v) is 2.13. The van der Waals surface area contributed by atoms with Crippen LogP contribution >= 0.6 is 0 Å². The van der Waals surface area contributed by atoms with Crippen LogP contribution in [0.2, 0.25) is 0 Å². The monoisotopic (exact) mass is 312 g/mol. The summed E-state index contributed by atoms with van der Waals surface area (Å²) >= 11 is 0. The van der Waals surface area contributed by atoms with E-state index in [-0.39, 0.29) is 6.42 Å². The van der Waals surface area contributed by atoms with Gasteiger partial charge in [-0.1, -0.05) is 0 Å². The van der Waals surface area contributed by atoms with Gasteiger partial charge in [0.1, 0.15) is 31.0 Å². The van der Waals surface area contributed by atoms with Gasteiger partial charge in [0.25, 0.3) is 0 Å². The van der Waals surface area contributed by atoms with Crippen LogP contribution in [0.3, 0.4) is 0 Å². The lowest BCUT2D eigenvalue weighted by Crippen LogP contribution is -2.44. The summed E-state index contributed by atoms with van der Waals surface area (Å²) in [6.45, 7) is -1.69. The zero-order valence-electron chi connectivity index (χ0n) is 11.0. The van der Waals surface area contributed by atoms with Gasteiger partial charge in [-0.2, -0.15) is 0 Å². The minimum atomic E-state index is -1.86. The number of ketones is 1. The van der Waals surface area contributed by atoms with Gasteiger partial charge >= 0.3 is 5.97 Å². The molecule has 1 unspecified atom stereocenters. The van der Waals surface area contributed by atoms with Crippen molar-refractivity contribution < 1.29 is 45.0 Å². The van der Waals surface area contributed by atoms with E-state index in [2.05, 4.69) is 5.73 Å². The van der Waals surface area contributed by atoms with Crippen molar-refractivity contribution in [3.8, 4) is 0 Å². The lowest BCUT2D eigenvalue weighted by atomic mass is 10.1. The number of nitrogens with two attached hydrogens (primary N) is 2. The highest BCUT2D eigenvalue weighted by molar-refractivity contribution is 5.84. The number of carbonyl (C=O) groups is 3. The Hall–Kier alpha value is -1.63. The van der Waals surface area contributed by atoms with Crippen molar-refractivity contribution >= 4 is 17.7 Å². The fourth-order valence-electron chi connectivity index (χ4n) is 0.906.